The summed E-state index contributed by atoms with van der Waals surface area (Å²) in [5, 5.41) is 12.9. The van der Waals surface area contributed by atoms with E-state index < -0.39 is 16.8 Å². The molecule has 446 valence electrons. The van der Waals surface area contributed by atoms with Gasteiger partial charge in [-0.05, 0) is 181 Å². The summed E-state index contributed by atoms with van der Waals surface area (Å²) >= 11 is 8.08. The lowest BCUT2D eigenvalue weighted by Gasteiger charge is -2.35. The fourth-order valence-corrected chi connectivity index (χ4v) is 15.3. The summed E-state index contributed by atoms with van der Waals surface area (Å²) in [6.45, 7) is 30.7. The van der Waals surface area contributed by atoms with E-state index in [-0.39, 0.29) is 42.2 Å². The highest BCUT2D eigenvalue weighted by molar-refractivity contribution is 7.23. The summed E-state index contributed by atoms with van der Waals surface area (Å²) in [4.78, 5) is 69.7. The first-order chi connectivity index (χ1) is 39.3. The van der Waals surface area contributed by atoms with Crippen LogP contribution in [0.3, 0.4) is 0 Å². The van der Waals surface area contributed by atoms with Crippen LogP contribution in [0.1, 0.15) is 145 Å². The van der Waals surface area contributed by atoms with Crippen LogP contribution in [0.15, 0.2) is 54.6 Å². The van der Waals surface area contributed by atoms with Crippen molar-refractivity contribution in [1.82, 2.24) is 29.7 Å². The number of rotatable bonds is 3. The quantitative estimate of drug-likeness (QED) is 0.157. The van der Waals surface area contributed by atoms with E-state index in [9.17, 15) is 19.2 Å². The van der Waals surface area contributed by atoms with Gasteiger partial charge >= 0.3 is 18.3 Å². The second-order valence-electron chi connectivity index (χ2n) is 24.6. The number of anilines is 2. The number of fused-ring (bicyclic) bond motifs is 5. The van der Waals surface area contributed by atoms with Crippen LogP contribution in [-0.2, 0) is 44.8 Å². The van der Waals surface area contributed by atoms with E-state index >= 15 is 0 Å². The van der Waals surface area contributed by atoms with Crippen molar-refractivity contribution >= 4 is 121 Å². The predicted octanol–water partition coefficient (Wildman–Crippen LogP) is 16.0. The van der Waals surface area contributed by atoms with Crippen LogP contribution in [0.4, 0.5) is 24.4 Å². The summed E-state index contributed by atoms with van der Waals surface area (Å²) in [5.41, 5.74) is 22.6. The van der Waals surface area contributed by atoms with Gasteiger partial charge in [-0.2, -0.15) is 5.26 Å². The predicted molar refractivity (Wildman–Crippen MR) is 344 cm³/mol. The van der Waals surface area contributed by atoms with Crippen LogP contribution < -0.4 is 11.5 Å². The monoisotopic (exact) mass is 1230 g/mol. The van der Waals surface area contributed by atoms with Crippen molar-refractivity contribution in [3.05, 3.63) is 97.2 Å². The number of nitrogens with zero attached hydrogens (tertiary/aromatic N) is 7. The van der Waals surface area contributed by atoms with Gasteiger partial charge in [-0.25, -0.2) is 29.3 Å². The van der Waals surface area contributed by atoms with Crippen molar-refractivity contribution in [2.75, 3.05) is 24.6 Å². The maximum absolute atomic E-state index is 12.6. The molecule has 16 nitrogen and oxygen atoms in total. The lowest BCUT2D eigenvalue weighted by Crippen LogP contribution is -2.46. The van der Waals surface area contributed by atoms with Gasteiger partial charge in [0.2, 0.25) is 0 Å². The molecule has 4 N–H and O–H groups in total. The molecule has 11 rings (SSSR count). The Kier molecular flexibility index (Phi) is 19.2. The molecule has 0 bridgehead atoms. The molecule has 84 heavy (non-hydrogen) atoms. The van der Waals surface area contributed by atoms with Gasteiger partial charge in [-0.3, -0.25) is 4.79 Å². The average Bonchev–Trinajstić information content (AvgIpc) is 2.74. The molecule has 8 heterocycles. The van der Waals surface area contributed by atoms with Gasteiger partial charge < -0.3 is 40.4 Å². The van der Waals surface area contributed by atoms with E-state index in [4.69, 9.17) is 40.9 Å². The zero-order valence-corrected chi connectivity index (χ0v) is 54.9. The van der Waals surface area contributed by atoms with Crippen molar-refractivity contribution in [1.29, 1.82) is 5.26 Å². The van der Waals surface area contributed by atoms with Crippen molar-refractivity contribution in [3.8, 4) is 27.2 Å². The van der Waals surface area contributed by atoms with Crippen LogP contribution in [0.25, 0.3) is 51.8 Å². The molecule has 0 spiro atoms. The van der Waals surface area contributed by atoms with Gasteiger partial charge in [-0.15, -0.1) is 56.7 Å². The van der Waals surface area contributed by atoms with Gasteiger partial charge in [0.15, 0.2) is 0 Å². The van der Waals surface area contributed by atoms with E-state index in [1.54, 1.807) is 71.4 Å². The second kappa shape index (κ2) is 25.5. The Balaban J connectivity index is 0.000000154. The Bertz CT molecular complexity index is 3760. The number of nitrogen functional groups attached to an aromatic ring is 2. The highest BCUT2D eigenvalue weighted by atomic mass is 32.1. The third-order valence-corrected chi connectivity index (χ3v) is 19.3. The Morgan fingerprint density at radius 3 is 1.54 bits per heavy atom. The number of ketones is 1. The summed E-state index contributed by atoms with van der Waals surface area (Å²) < 4.78 is 19.9. The highest BCUT2D eigenvalue weighted by Gasteiger charge is 2.37. The number of thiophene rings is 2. The molecule has 3 unspecified atom stereocenters. The Morgan fingerprint density at radius 2 is 1.04 bits per heavy atom. The van der Waals surface area contributed by atoms with Crippen LogP contribution in [0.5, 0.6) is 0 Å². The molecule has 8 aromatic rings. The zero-order chi connectivity index (χ0) is 61.3. The average molecular weight is 1230 g/mol. The smallest absolute Gasteiger partial charge is 0.410 e. The van der Waals surface area contributed by atoms with E-state index in [0.29, 0.717) is 38.9 Å². The van der Waals surface area contributed by atoms with Gasteiger partial charge in [0.1, 0.15) is 37.6 Å². The van der Waals surface area contributed by atoms with Gasteiger partial charge in [0.05, 0.1) is 65.7 Å². The number of thiazole rings is 3. The van der Waals surface area contributed by atoms with Gasteiger partial charge in [0.25, 0.3) is 0 Å². The van der Waals surface area contributed by atoms with E-state index in [2.05, 4.69) is 80.4 Å². The number of carbonyl (C=O) groups excluding carboxylic acids is 4. The molecule has 3 atom stereocenters. The normalized spacial score (nSPS) is 17.0. The summed E-state index contributed by atoms with van der Waals surface area (Å²) in [6, 6.07) is 20.9. The number of nitrogens with two attached hydrogens (primary N) is 2. The molecule has 3 aliphatic heterocycles. The third kappa shape index (κ3) is 15.4. The first kappa shape index (κ1) is 63.3. The summed E-state index contributed by atoms with van der Waals surface area (Å²) in [6.07, 6.45) is 1.97. The number of benzene rings is 3. The molecular weight excluding hydrogens is 1160 g/mol. The second-order valence-corrected chi connectivity index (χ2v) is 30.0. The fourth-order valence-electron chi connectivity index (χ4n) is 9.97. The number of aryl methyl sites for hydroxylation is 3. The molecule has 0 radical (unpaired) electrons. The molecule has 21 heteroatoms. The fraction of sp³-hybridized carbons (Fsp3) is 0.460. The SMILES string of the molecule is CC1CC(=O)CCN1C(=O)OC(C)(C)C.Cc1ccc2sc(-c3c(N)sc4c3CC(C)N(C(=O)OC(C)(C)C)C4)nc2c1.Cc1ccc2sc(-c3c(N)sc4c3CCN(C(=O)OC(C)(C)C)C4C)nc2c1.Cc1ccc2sc(CC#N)nc2c1. The highest BCUT2D eigenvalue weighted by Crippen LogP contribution is 2.48. The standard InChI is InChI=1S/2C21H25N3O2S2.C11H19NO3.C10H8N2S/c1-11-6-7-15-14(8-11)23-19(28-15)17-13-9-12(2)24(10-16(13)27-18(17)22)20(25)26-21(3,4)5;1-11-6-7-15-14(10-11)23-19(27-15)16-13-8-9-24(20(25)26-21(3,4)5)12(2)17(13)28-18(16)22;1-8-7-9(13)5-6-12(8)10(14)15-11(2,3)4;1-7-2-3-9-8(6-7)12-10(13-9)4-5-11/h6-8,12H,9-10,22H2,1-5H3;6-7,10,12H,8-9,22H2,1-5H3;8H,5-7H2,1-4H3;2-3,6H,4H2,1H3. The molecule has 1 saturated heterocycles. The first-order valence-corrected chi connectivity index (χ1v) is 32.2. The number of likely N-dealkylation sites (tertiary alicyclic amines) is 1. The number of ether oxygens (including phenoxy) is 3. The molecule has 3 amide bonds. The van der Waals surface area contributed by atoms with Crippen molar-refractivity contribution in [2.24, 2.45) is 0 Å². The van der Waals surface area contributed by atoms with Gasteiger partial charge in [-0.1, -0.05) is 18.2 Å². The van der Waals surface area contributed by atoms with E-state index in [1.807, 2.05) is 89.2 Å². The lowest BCUT2D eigenvalue weighted by molar-refractivity contribution is -0.122. The number of amides is 3. The number of hydrogen-bond donors (Lipinski definition) is 2. The lowest BCUT2D eigenvalue weighted by atomic mass is 9.98. The number of aromatic nitrogens is 3. The summed E-state index contributed by atoms with van der Waals surface area (Å²) in [7, 11) is 0. The minimum atomic E-state index is -0.504. The molecular formula is C63H77N9O7S5. The number of hydrogen-bond acceptors (Lipinski definition) is 18. The largest absolute Gasteiger partial charge is 0.444 e. The van der Waals surface area contributed by atoms with Crippen LogP contribution in [-0.4, -0.2) is 95.7 Å². The molecule has 1 fully saturated rings. The molecule has 5 aromatic heterocycles. The topological polar surface area (TPSA) is 220 Å². The zero-order valence-electron chi connectivity index (χ0n) is 50.8. The van der Waals surface area contributed by atoms with Crippen molar-refractivity contribution in [3.63, 3.8) is 0 Å². The van der Waals surface area contributed by atoms with Crippen molar-refractivity contribution in [2.45, 2.75) is 177 Å². The number of nitriles is 1. The molecule has 3 aliphatic rings. The van der Waals surface area contributed by atoms with Gasteiger partial charge in [0, 0.05) is 58.9 Å². The summed E-state index contributed by atoms with van der Waals surface area (Å²) in [5.74, 6) is 0.224. The number of Topliss-reactive ketones (excluding diaryl/α,β-unsaturated/α-hetero) is 1. The number of piperidine rings is 1. The van der Waals surface area contributed by atoms with Crippen LogP contribution in [0.2, 0.25) is 0 Å². The third-order valence-electron chi connectivity index (χ3n) is 13.9. The molecule has 0 aliphatic carbocycles. The van der Waals surface area contributed by atoms with Crippen LogP contribution >= 0.6 is 56.7 Å². The minimum Gasteiger partial charge on any atom is -0.444 e. The Labute approximate surface area is 512 Å². The minimum absolute atomic E-state index is 0.0406. The molecule has 3 aromatic carbocycles. The van der Waals surface area contributed by atoms with Crippen LogP contribution in [0, 0.1) is 32.1 Å². The first-order valence-electron chi connectivity index (χ1n) is 28.1. The van der Waals surface area contributed by atoms with Crippen molar-refractivity contribution < 1.29 is 33.4 Å². The molecule has 0 saturated carbocycles. The Hall–Kier alpha value is -6.70. The maximum atomic E-state index is 12.6. The van der Waals surface area contributed by atoms with E-state index in [0.717, 1.165) is 80.0 Å². The number of carbonyl (C=O) groups is 4. The maximum Gasteiger partial charge on any atom is 0.410 e. The Morgan fingerprint density at radius 1 is 0.595 bits per heavy atom. The van der Waals surface area contributed by atoms with E-state index in [1.165, 1.54) is 37.2 Å².